The number of halogens is 1. The first-order valence-corrected chi connectivity index (χ1v) is 8.25. The summed E-state index contributed by atoms with van der Waals surface area (Å²) in [5.74, 6) is 1.52. The topological polar surface area (TPSA) is 33.4 Å². The normalized spacial score (nSPS) is 23.7. The fraction of sp³-hybridized carbons (Fsp3) is 0.529. The van der Waals surface area contributed by atoms with Crippen LogP contribution in [-0.4, -0.2) is 32.4 Å². The van der Waals surface area contributed by atoms with E-state index in [0.29, 0.717) is 16.5 Å². The molecule has 1 atom stereocenters. The third-order valence-corrected chi connectivity index (χ3v) is 5.14. The van der Waals surface area contributed by atoms with Crippen molar-refractivity contribution in [1.29, 1.82) is 0 Å². The summed E-state index contributed by atoms with van der Waals surface area (Å²) in [6.45, 7) is 8.95. The maximum Gasteiger partial charge on any atom is 0.154 e. The van der Waals surface area contributed by atoms with Gasteiger partial charge < -0.3 is 4.90 Å². The molecule has 2 aliphatic heterocycles. The molecule has 1 fully saturated rings. The minimum atomic E-state index is 0.387. The predicted octanol–water partition coefficient (Wildman–Crippen LogP) is 3.79. The maximum atomic E-state index is 6.21. The van der Waals surface area contributed by atoms with Gasteiger partial charge in [-0.1, -0.05) is 31.5 Å². The number of allylic oxidation sites excluding steroid dienone is 2. The smallest absolute Gasteiger partial charge is 0.154 e. The van der Waals surface area contributed by atoms with Gasteiger partial charge in [-0.25, -0.2) is 9.97 Å². The zero-order chi connectivity index (χ0) is 15.5. The summed E-state index contributed by atoms with van der Waals surface area (Å²) in [6, 6.07) is 0. The molecule has 0 unspecified atom stereocenters. The number of fused-ring (bicyclic) bond motifs is 2. The van der Waals surface area contributed by atoms with Crippen LogP contribution < -0.4 is 0 Å². The monoisotopic (exact) mass is 316 g/mol. The van der Waals surface area contributed by atoms with Crippen LogP contribution in [0.2, 0.25) is 5.15 Å². The van der Waals surface area contributed by atoms with Crippen molar-refractivity contribution in [2.45, 2.75) is 39.5 Å². The van der Waals surface area contributed by atoms with Crippen LogP contribution in [0.3, 0.4) is 0 Å². The molecule has 5 heteroatoms. The van der Waals surface area contributed by atoms with Gasteiger partial charge in [0, 0.05) is 36.6 Å². The Morgan fingerprint density at radius 1 is 1.27 bits per heavy atom. The van der Waals surface area contributed by atoms with Crippen molar-refractivity contribution in [1.82, 2.24) is 19.3 Å². The molecule has 0 spiro atoms. The second-order valence-electron chi connectivity index (χ2n) is 7.38. The molecule has 22 heavy (non-hydrogen) atoms. The summed E-state index contributed by atoms with van der Waals surface area (Å²) in [7, 11) is 0. The van der Waals surface area contributed by atoms with Gasteiger partial charge in [0.2, 0.25) is 0 Å². The van der Waals surface area contributed by atoms with E-state index in [1.165, 1.54) is 12.1 Å². The number of rotatable bonds is 1. The first-order chi connectivity index (χ1) is 10.4. The third-order valence-electron chi connectivity index (χ3n) is 4.85. The Morgan fingerprint density at radius 2 is 2.09 bits per heavy atom. The highest BCUT2D eigenvalue weighted by Crippen LogP contribution is 2.41. The second-order valence-corrected chi connectivity index (χ2v) is 7.74. The summed E-state index contributed by atoms with van der Waals surface area (Å²) in [6.07, 6.45) is 8.33. The summed E-state index contributed by atoms with van der Waals surface area (Å²) in [4.78, 5) is 11.4. The van der Waals surface area contributed by atoms with E-state index in [4.69, 9.17) is 11.6 Å². The molecule has 2 aliphatic rings. The van der Waals surface area contributed by atoms with Crippen molar-refractivity contribution in [3.8, 4) is 0 Å². The highest BCUT2D eigenvalue weighted by Gasteiger charge is 2.36. The van der Waals surface area contributed by atoms with Crippen LogP contribution in [0.1, 0.15) is 44.1 Å². The Balaban J connectivity index is 1.72. The van der Waals surface area contributed by atoms with E-state index in [1.54, 1.807) is 0 Å². The Hall–Kier alpha value is -1.55. The molecule has 116 valence electrons. The molecule has 0 bridgehead atoms. The van der Waals surface area contributed by atoms with E-state index in [9.17, 15) is 0 Å². The highest BCUT2D eigenvalue weighted by molar-refractivity contribution is 6.32. The summed E-state index contributed by atoms with van der Waals surface area (Å²) in [5.41, 5.74) is 3.90. The number of hydrogen-bond donors (Lipinski definition) is 0. The third kappa shape index (κ3) is 2.12. The van der Waals surface area contributed by atoms with Crippen LogP contribution in [0.25, 0.3) is 5.52 Å². The first-order valence-electron chi connectivity index (χ1n) is 7.87. The van der Waals surface area contributed by atoms with Gasteiger partial charge in [-0.15, -0.1) is 0 Å². The summed E-state index contributed by atoms with van der Waals surface area (Å²) < 4.78 is 2.17. The van der Waals surface area contributed by atoms with Crippen molar-refractivity contribution in [2.75, 3.05) is 13.1 Å². The molecule has 2 aromatic heterocycles. The quantitative estimate of drug-likeness (QED) is 0.802. The van der Waals surface area contributed by atoms with E-state index >= 15 is 0 Å². The molecule has 2 aromatic rings. The lowest BCUT2D eigenvalue weighted by molar-refractivity contribution is 0.282. The van der Waals surface area contributed by atoms with E-state index in [0.717, 1.165) is 36.5 Å². The molecule has 0 radical (unpaired) electrons. The van der Waals surface area contributed by atoms with E-state index in [2.05, 4.69) is 46.1 Å². The first kappa shape index (κ1) is 14.1. The number of hydrogen-bond acceptors (Lipinski definition) is 3. The number of imidazole rings is 1. The zero-order valence-electron chi connectivity index (χ0n) is 13.3. The molecule has 1 saturated heterocycles. The van der Waals surface area contributed by atoms with Crippen molar-refractivity contribution >= 4 is 17.1 Å². The minimum Gasteiger partial charge on any atom is -0.374 e. The molecular formula is C17H21ClN4. The van der Waals surface area contributed by atoms with Crippen LogP contribution in [0, 0.1) is 12.3 Å². The predicted molar refractivity (Wildman–Crippen MR) is 88.1 cm³/mol. The van der Waals surface area contributed by atoms with Gasteiger partial charge in [0.05, 0.1) is 6.20 Å². The van der Waals surface area contributed by atoms with Crippen molar-refractivity contribution < 1.29 is 0 Å². The van der Waals surface area contributed by atoms with Crippen molar-refractivity contribution in [3.63, 3.8) is 0 Å². The number of aromatic nitrogens is 3. The summed E-state index contributed by atoms with van der Waals surface area (Å²) in [5, 5.41) is 0.527. The lowest BCUT2D eigenvalue weighted by Crippen LogP contribution is -2.30. The minimum absolute atomic E-state index is 0.387. The molecule has 4 nitrogen and oxygen atoms in total. The molecule has 0 aliphatic carbocycles. The zero-order valence-corrected chi connectivity index (χ0v) is 14.1. The average Bonchev–Trinajstić information content (AvgIpc) is 3.02. The van der Waals surface area contributed by atoms with Gasteiger partial charge in [-0.05, 0) is 25.2 Å². The van der Waals surface area contributed by atoms with Crippen molar-refractivity contribution in [2.24, 2.45) is 5.41 Å². The van der Waals surface area contributed by atoms with Crippen LogP contribution in [0.4, 0.5) is 0 Å². The molecule has 4 rings (SSSR count). The lowest BCUT2D eigenvalue weighted by atomic mass is 9.92. The largest absolute Gasteiger partial charge is 0.374 e. The van der Waals surface area contributed by atoms with Gasteiger partial charge in [-0.2, -0.15) is 0 Å². The average molecular weight is 317 g/mol. The highest BCUT2D eigenvalue weighted by atomic mass is 35.5. The molecular weight excluding hydrogens is 296 g/mol. The van der Waals surface area contributed by atoms with E-state index in [-0.39, 0.29) is 0 Å². The van der Waals surface area contributed by atoms with Crippen LogP contribution in [0.5, 0.6) is 0 Å². The van der Waals surface area contributed by atoms with Gasteiger partial charge in [0.15, 0.2) is 5.15 Å². The molecule has 0 saturated carbocycles. The van der Waals surface area contributed by atoms with Crippen LogP contribution in [-0.2, 0) is 0 Å². The molecule has 0 N–H and O–H groups in total. The van der Waals surface area contributed by atoms with Gasteiger partial charge in [0.25, 0.3) is 0 Å². The van der Waals surface area contributed by atoms with Crippen LogP contribution >= 0.6 is 11.6 Å². The second kappa shape index (κ2) is 4.72. The fourth-order valence-corrected chi connectivity index (χ4v) is 4.09. The number of nitrogens with zero attached hydrogens (tertiary/aromatic N) is 4. The van der Waals surface area contributed by atoms with E-state index < -0.39 is 0 Å². The number of aryl methyl sites for hydroxylation is 1. The van der Waals surface area contributed by atoms with Gasteiger partial charge in [-0.3, -0.25) is 4.40 Å². The van der Waals surface area contributed by atoms with E-state index in [1.807, 2.05) is 12.4 Å². The molecule has 0 amide bonds. The van der Waals surface area contributed by atoms with Gasteiger partial charge >= 0.3 is 0 Å². The summed E-state index contributed by atoms with van der Waals surface area (Å²) >= 11 is 6.21. The maximum absolute atomic E-state index is 6.21. The Kier molecular flexibility index (Phi) is 3.02. The fourth-order valence-electron chi connectivity index (χ4n) is 3.91. The molecule has 4 heterocycles. The van der Waals surface area contributed by atoms with Crippen LogP contribution in [0.15, 0.2) is 24.2 Å². The van der Waals surface area contributed by atoms with Crippen molar-refractivity contribution in [3.05, 3.63) is 40.8 Å². The SMILES string of the molecule is Cc1cnc(Cl)c2cnc([C@@H]3CC=C4CC(C)(C)CN4C3)n12. The lowest BCUT2D eigenvalue weighted by Gasteiger charge is -2.30. The standard InChI is InChI=1S/C17H21ClN4/c1-11-7-19-15(18)14-8-20-16(22(11)14)12-4-5-13-6-17(2,3)10-21(13)9-12/h5,7-8,12H,4,6,9-10H2,1-3H3/t12-/m1/s1. The van der Waals surface area contributed by atoms with Gasteiger partial charge in [0.1, 0.15) is 11.3 Å². The Morgan fingerprint density at radius 3 is 2.91 bits per heavy atom. The Bertz CT molecular complexity index is 774. The molecule has 0 aromatic carbocycles. The Labute approximate surface area is 135 Å².